The van der Waals surface area contributed by atoms with Gasteiger partial charge in [0.05, 0.1) is 0 Å². The van der Waals surface area contributed by atoms with Gasteiger partial charge in [-0.15, -0.1) is 0 Å². The summed E-state index contributed by atoms with van der Waals surface area (Å²) in [5.74, 6) is 0.285. The quantitative estimate of drug-likeness (QED) is 0.491. The Morgan fingerprint density at radius 3 is 2.56 bits per heavy atom. The predicted octanol–water partition coefficient (Wildman–Crippen LogP) is 6.59. The lowest BCUT2D eigenvalue weighted by molar-refractivity contribution is 0.953. The number of fused-ring (bicyclic) bond motifs is 2. The van der Waals surface area contributed by atoms with Gasteiger partial charge in [-0.2, -0.15) is 0 Å². The summed E-state index contributed by atoms with van der Waals surface area (Å²) in [5.41, 5.74) is 8.35. The fourth-order valence-electron chi connectivity index (χ4n) is 3.88. The maximum atomic E-state index is 6.14. The summed E-state index contributed by atoms with van der Waals surface area (Å²) in [6, 6.07) is 23.6. The maximum absolute atomic E-state index is 6.14. The molecule has 0 N–H and O–H groups in total. The van der Waals surface area contributed by atoms with Crippen molar-refractivity contribution in [2.75, 3.05) is 0 Å². The standard InChI is InChI=1S/C24H21Cl/c1-17-6-4-11-23-21(17)15-13-19-8-2-3-10-22(19)24(23)14-12-18-7-5-9-20(25)16-18/h2-12,14,16,24H,13,15H2,1H3/b14-12-. The molecule has 1 heteroatoms. The van der Waals surface area contributed by atoms with Crippen LogP contribution < -0.4 is 0 Å². The van der Waals surface area contributed by atoms with E-state index in [1.807, 2.05) is 18.2 Å². The van der Waals surface area contributed by atoms with Crippen LogP contribution in [-0.2, 0) is 12.8 Å². The molecule has 0 aromatic heterocycles. The Labute approximate surface area is 154 Å². The molecule has 0 spiro atoms. The molecule has 25 heavy (non-hydrogen) atoms. The monoisotopic (exact) mass is 344 g/mol. The van der Waals surface area contributed by atoms with Crippen LogP contribution in [0.25, 0.3) is 6.08 Å². The predicted molar refractivity (Wildman–Crippen MR) is 107 cm³/mol. The van der Waals surface area contributed by atoms with Crippen molar-refractivity contribution in [1.82, 2.24) is 0 Å². The topological polar surface area (TPSA) is 0 Å². The number of rotatable bonds is 2. The highest BCUT2D eigenvalue weighted by Gasteiger charge is 2.22. The van der Waals surface area contributed by atoms with Crippen molar-refractivity contribution in [3.63, 3.8) is 0 Å². The normalized spacial score (nSPS) is 16.3. The van der Waals surface area contributed by atoms with Gasteiger partial charge in [0, 0.05) is 10.9 Å². The number of benzene rings is 3. The molecular weight excluding hydrogens is 324 g/mol. The molecule has 1 atom stereocenters. The molecule has 4 rings (SSSR count). The van der Waals surface area contributed by atoms with Crippen LogP contribution in [0.4, 0.5) is 0 Å². The minimum atomic E-state index is 0.285. The first-order valence-corrected chi connectivity index (χ1v) is 9.20. The van der Waals surface area contributed by atoms with E-state index in [4.69, 9.17) is 11.6 Å². The molecule has 1 unspecified atom stereocenters. The van der Waals surface area contributed by atoms with Crippen LogP contribution in [0.1, 0.15) is 39.3 Å². The largest absolute Gasteiger partial charge is 0.0843 e. The second kappa shape index (κ2) is 6.90. The fourth-order valence-corrected chi connectivity index (χ4v) is 4.07. The highest BCUT2D eigenvalue weighted by Crippen LogP contribution is 2.36. The molecule has 3 aromatic carbocycles. The first kappa shape index (κ1) is 16.2. The Kier molecular flexibility index (Phi) is 4.46. The third kappa shape index (κ3) is 3.27. The van der Waals surface area contributed by atoms with E-state index in [0.717, 1.165) is 23.4 Å². The van der Waals surface area contributed by atoms with Crippen LogP contribution in [0.3, 0.4) is 0 Å². The summed E-state index contributed by atoms with van der Waals surface area (Å²) in [6.07, 6.45) is 6.74. The molecule has 1 aliphatic rings. The second-order valence-corrected chi connectivity index (χ2v) is 7.17. The van der Waals surface area contributed by atoms with E-state index in [1.54, 1.807) is 0 Å². The Morgan fingerprint density at radius 2 is 1.68 bits per heavy atom. The first-order valence-electron chi connectivity index (χ1n) is 8.82. The van der Waals surface area contributed by atoms with E-state index >= 15 is 0 Å². The zero-order valence-electron chi connectivity index (χ0n) is 14.4. The van der Waals surface area contributed by atoms with E-state index in [0.29, 0.717) is 0 Å². The van der Waals surface area contributed by atoms with Gasteiger partial charge in [-0.05, 0) is 65.3 Å². The molecule has 0 saturated heterocycles. The summed E-state index contributed by atoms with van der Waals surface area (Å²) in [4.78, 5) is 0. The third-order valence-corrected chi connectivity index (χ3v) is 5.38. The molecule has 3 aromatic rings. The van der Waals surface area contributed by atoms with Gasteiger partial charge < -0.3 is 0 Å². The zero-order chi connectivity index (χ0) is 17.2. The molecule has 0 fully saturated rings. The molecular formula is C24H21Cl. The van der Waals surface area contributed by atoms with Gasteiger partial charge in [0.15, 0.2) is 0 Å². The van der Waals surface area contributed by atoms with E-state index in [9.17, 15) is 0 Å². The molecule has 0 amide bonds. The van der Waals surface area contributed by atoms with Gasteiger partial charge in [0.25, 0.3) is 0 Å². The van der Waals surface area contributed by atoms with Crippen LogP contribution in [0.2, 0.25) is 5.02 Å². The van der Waals surface area contributed by atoms with Gasteiger partial charge in [-0.3, -0.25) is 0 Å². The lowest BCUT2D eigenvalue weighted by Crippen LogP contribution is -2.02. The number of allylic oxidation sites excluding steroid dienone is 1. The van der Waals surface area contributed by atoms with Crippen molar-refractivity contribution < 1.29 is 0 Å². The first-order chi connectivity index (χ1) is 12.2. The summed E-state index contributed by atoms with van der Waals surface area (Å²) < 4.78 is 0. The van der Waals surface area contributed by atoms with Gasteiger partial charge >= 0.3 is 0 Å². The van der Waals surface area contributed by atoms with E-state index in [-0.39, 0.29) is 5.92 Å². The van der Waals surface area contributed by atoms with Crippen molar-refractivity contribution >= 4 is 17.7 Å². The Bertz CT molecular complexity index is 936. The van der Waals surface area contributed by atoms with Crippen LogP contribution in [0, 0.1) is 6.92 Å². The van der Waals surface area contributed by atoms with Crippen LogP contribution >= 0.6 is 11.6 Å². The number of hydrogen-bond acceptors (Lipinski definition) is 0. The van der Waals surface area contributed by atoms with Crippen molar-refractivity contribution in [2.24, 2.45) is 0 Å². The number of halogens is 1. The maximum Gasteiger partial charge on any atom is 0.0411 e. The number of aryl methyl sites for hydroxylation is 2. The molecule has 0 saturated carbocycles. The molecule has 0 nitrogen and oxygen atoms in total. The van der Waals surface area contributed by atoms with Gasteiger partial charge in [0.1, 0.15) is 0 Å². The molecule has 124 valence electrons. The number of hydrogen-bond donors (Lipinski definition) is 0. The zero-order valence-corrected chi connectivity index (χ0v) is 15.1. The van der Waals surface area contributed by atoms with Crippen molar-refractivity contribution in [3.8, 4) is 0 Å². The SMILES string of the molecule is Cc1cccc2c1CCc1ccccc1C2/C=C\c1cccc(Cl)c1. The lowest BCUT2D eigenvalue weighted by atomic mass is 9.86. The van der Waals surface area contributed by atoms with Crippen molar-refractivity contribution in [1.29, 1.82) is 0 Å². The van der Waals surface area contributed by atoms with E-state index in [2.05, 4.69) is 67.6 Å². The fraction of sp³-hybridized carbons (Fsp3) is 0.167. The average Bonchev–Trinajstić information content (AvgIpc) is 2.78. The summed E-state index contributed by atoms with van der Waals surface area (Å²) in [7, 11) is 0. The van der Waals surface area contributed by atoms with E-state index < -0.39 is 0 Å². The highest BCUT2D eigenvalue weighted by atomic mass is 35.5. The lowest BCUT2D eigenvalue weighted by Gasteiger charge is -2.18. The van der Waals surface area contributed by atoms with Crippen LogP contribution in [-0.4, -0.2) is 0 Å². The van der Waals surface area contributed by atoms with Crippen molar-refractivity contribution in [2.45, 2.75) is 25.7 Å². The van der Waals surface area contributed by atoms with Gasteiger partial charge in [0.2, 0.25) is 0 Å². The smallest absolute Gasteiger partial charge is 0.0411 e. The van der Waals surface area contributed by atoms with Crippen LogP contribution in [0.15, 0.2) is 72.8 Å². The molecule has 0 heterocycles. The Hall–Kier alpha value is -2.31. The van der Waals surface area contributed by atoms with Crippen LogP contribution in [0.5, 0.6) is 0 Å². The minimum Gasteiger partial charge on any atom is -0.0843 e. The molecule has 1 aliphatic carbocycles. The molecule has 0 aliphatic heterocycles. The average molecular weight is 345 g/mol. The minimum absolute atomic E-state index is 0.285. The summed E-state index contributed by atoms with van der Waals surface area (Å²) in [6.45, 7) is 2.23. The van der Waals surface area contributed by atoms with E-state index in [1.165, 1.54) is 27.8 Å². The Morgan fingerprint density at radius 1 is 0.880 bits per heavy atom. The molecule has 0 radical (unpaired) electrons. The van der Waals surface area contributed by atoms with Crippen molar-refractivity contribution in [3.05, 3.63) is 111 Å². The summed E-state index contributed by atoms with van der Waals surface area (Å²) in [5, 5.41) is 0.777. The highest BCUT2D eigenvalue weighted by molar-refractivity contribution is 6.30. The summed E-state index contributed by atoms with van der Waals surface area (Å²) >= 11 is 6.14. The third-order valence-electron chi connectivity index (χ3n) is 5.15. The molecule has 0 bridgehead atoms. The second-order valence-electron chi connectivity index (χ2n) is 6.73. The Balaban J connectivity index is 1.84. The van der Waals surface area contributed by atoms with Gasteiger partial charge in [-0.1, -0.05) is 78.4 Å². The van der Waals surface area contributed by atoms with Gasteiger partial charge in [-0.25, -0.2) is 0 Å².